The van der Waals surface area contributed by atoms with Crippen LogP contribution < -0.4 is 5.73 Å². The van der Waals surface area contributed by atoms with Crippen molar-refractivity contribution in [1.29, 1.82) is 0 Å². The molecule has 90 valence electrons. The molecule has 1 rings (SSSR count). The molecule has 0 aromatic carbocycles. The van der Waals surface area contributed by atoms with Crippen molar-refractivity contribution in [2.24, 2.45) is 17.6 Å². The second-order valence-corrected chi connectivity index (χ2v) is 4.80. The Morgan fingerprint density at radius 3 is 2.73 bits per heavy atom. The minimum Gasteiger partial charge on any atom is -0.385 e. The van der Waals surface area contributed by atoms with Gasteiger partial charge < -0.3 is 15.4 Å². The predicted molar refractivity (Wildman–Crippen MR) is 63.9 cm³/mol. The Morgan fingerprint density at radius 1 is 1.33 bits per heavy atom. The zero-order valence-corrected chi connectivity index (χ0v) is 10.2. The highest BCUT2D eigenvalue weighted by Gasteiger charge is 2.26. The van der Waals surface area contributed by atoms with E-state index in [0.717, 1.165) is 38.0 Å². The molecule has 0 radical (unpaired) electrons. The number of rotatable bonds is 7. The highest BCUT2D eigenvalue weighted by atomic mass is 16.5. The molecule has 0 aromatic rings. The molecule has 0 saturated heterocycles. The Morgan fingerprint density at radius 2 is 2.07 bits per heavy atom. The summed E-state index contributed by atoms with van der Waals surface area (Å²) in [5.41, 5.74) is 5.78. The van der Waals surface area contributed by atoms with Crippen LogP contribution in [-0.2, 0) is 4.74 Å². The van der Waals surface area contributed by atoms with Gasteiger partial charge in [0, 0.05) is 26.8 Å². The third-order valence-corrected chi connectivity index (χ3v) is 3.55. The highest BCUT2D eigenvalue weighted by molar-refractivity contribution is 4.79. The molecule has 3 nitrogen and oxygen atoms in total. The van der Waals surface area contributed by atoms with E-state index in [4.69, 9.17) is 10.5 Å². The van der Waals surface area contributed by atoms with Crippen molar-refractivity contribution in [3.63, 3.8) is 0 Å². The molecule has 0 amide bonds. The number of hydrogen-bond donors (Lipinski definition) is 1. The molecule has 1 saturated carbocycles. The van der Waals surface area contributed by atoms with E-state index in [9.17, 15) is 0 Å². The topological polar surface area (TPSA) is 38.5 Å². The highest BCUT2D eigenvalue weighted by Crippen LogP contribution is 2.31. The standard InChI is InChI=1S/C12H26N2O/c1-14(7-4-8-15-2)10-12-6-3-5-11(12)9-13/h11-12H,3-10,13H2,1-2H3. The van der Waals surface area contributed by atoms with E-state index < -0.39 is 0 Å². The molecule has 0 aromatic heterocycles. The van der Waals surface area contributed by atoms with Gasteiger partial charge in [-0.25, -0.2) is 0 Å². The van der Waals surface area contributed by atoms with Crippen molar-refractivity contribution >= 4 is 0 Å². The van der Waals surface area contributed by atoms with Gasteiger partial charge in [-0.2, -0.15) is 0 Å². The normalized spacial score (nSPS) is 26.4. The van der Waals surface area contributed by atoms with Gasteiger partial charge in [0.15, 0.2) is 0 Å². The fourth-order valence-electron chi connectivity index (χ4n) is 2.63. The average Bonchev–Trinajstić information content (AvgIpc) is 2.65. The summed E-state index contributed by atoms with van der Waals surface area (Å²) in [6, 6.07) is 0. The molecule has 1 fully saturated rings. The summed E-state index contributed by atoms with van der Waals surface area (Å²) in [6.45, 7) is 4.10. The summed E-state index contributed by atoms with van der Waals surface area (Å²) in [6.07, 6.45) is 5.22. The van der Waals surface area contributed by atoms with Crippen LogP contribution in [0.1, 0.15) is 25.7 Å². The number of hydrogen-bond acceptors (Lipinski definition) is 3. The van der Waals surface area contributed by atoms with Crippen LogP contribution in [0.2, 0.25) is 0 Å². The van der Waals surface area contributed by atoms with Crippen LogP contribution in [0.25, 0.3) is 0 Å². The maximum Gasteiger partial charge on any atom is 0.0474 e. The second kappa shape index (κ2) is 7.20. The quantitative estimate of drug-likeness (QED) is 0.650. The van der Waals surface area contributed by atoms with E-state index in [-0.39, 0.29) is 0 Å². The average molecular weight is 214 g/mol. The lowest BCUT2D eigenvalue weighted by molar-refractivity contribution is 0.170. The van der Waals surface area contributed by atoms with Crippen LogP contribution in [0, 0.1) is 11.8 Å². The number of nitrogens with zero attached hydrogens (tertiary/aromatic N) is 1. The van der Waals surface area contributed by atoms with Gasteiger partial charge in [-0.3, -0.25) is 0 Å². The fourth-order valence-corrected chi connectivity index (χ4v) is 2.63. The van der Waals surface area contributed by atoms with Gasteiger partial charge in [0.05, 0.1) is 0 Å². The molecule has 2 atom stereocenters. The first-order chi connectivity index (χ1) is 7.27. The van der Waals surface area contributed by atoms with Crippen LogP contribution in [0.4, 0.5) is 0 Å². The minimum atomic E-state index is 0.773. The summed E-state index contributed by atoms with van der Waals surface area (Å²) in [7, 11) is 3.98. The summed E-state index contributed by atoms with van der Waals surface area (Å²) in [4.78, 5) is 2.43. The predicted octanol–water partition coefficient (Wildman–Crippen LogP) is 1.33. The van der Waals surface area contributed by atoms with Crippen LogP contribution >= 0.6 is 0 Å². The van der Waals surface area contributed by atoms with E-state index >= 15 is 0 Å². The van der Waals surface area contributed by atoms with E-state index in [2.05, 4.69) is 11.9 Å². The Hall–Kier alpha value is -0.120. The minimum absolute atomic E-state index is 0.773. The smallest absolute Gasteiger partial charge is 0.0474 e. The second-order valence-electron chi connectivity index (χ2n) is 4.80. The Kier molecular flexibility index (Phi) is 6.22. The van der Waals surface area contributed by atoms with Crippen LogP contribution in [-0.4, -0.2) is 45.3 Å². The van der Waals surface area contributed by atoms with E-state index in [0.29, 0.717) is 0 Å². The first-order valence-corrected chi connectivity index (χ1v) is 6.15. The monoisotopic (exact) mass is 214 g/mol. The molecule has 15 heavy (non-hydrogen) atoms. The molecule has 0 aliphatic heterocycles. The van der Waals surface area contributed by atoms with Crippen molar-refractivity contribution in [1.82, 2.24) is 4.90 Å². The van der Waals surface area contributed by atoms with E-state index in [1.807, 2.05) is 0 Å². The number of methoxy groups -OCH3 is 1. The van der Waals surface area contributed by atoms with Gasteiger partial charge in [0.1, 0.15) is 0 Å². The molecule has 1 aliphatic carbocycles. The largest absolute Gasteiger partial charge is 0.385 e. The molecular formula is C12H26N2O. The summed E-state index contributed by atoms with van der Waals surface area (Å²) >= 11 is 0. The van der Waals surface area contributed by atoms with Gasteiger partial charge in [-0.15, -0.1) is 0 Å². The zero-order chi connectivity index (χ0) is 11.1. The Balaban J connectivity index is 2.15. The van der Waals surface area contributed by atoms with Crippen molar-refractivity contribution in [3.05, 3.63) is 0 Å². The first kappa shape index (κ1) is 12.9. The molecule has 1 aliphatic rings. The number of ether oxygens (including phenoxy) is 1. The molecule has 3 heteroatoms. The summed E-state index contributed by atoms with van der Waals surface area (Å²) in [5, 5.41) is 0. The fraction of sp³-hybridized carbons (Fsp3) is 1.00. The summed E-state index contributed by atoms with van der Waals surface area (Å²) < 4.78 is 5.06. The third kappa shape index (κ3) is 4.49. The van der Waals surface area contributed by atoms with Gasteiger partial charge >= 0.3 is 0 Å². The third-order valence-electron chi connectivity index (χ3n) is 3.55. The van der Waals surface area contributed by atoms with Crippen LogP contribution in [0.15, 0.2) is 0 Å². The van der Waals surface area contributed by atoms with Gasteiger partial charge in [0.25, 0.3) is 0 Å². The molecular weight excluding hydrogens is 188 g/mol. The summed E-state index contributed by atoms with van der Waals surface area (Å²) in [5.74, 6) is 1.61. The molecule has 2 unspecified atom stereocenters. The van der Waals surface area contributed by atoms with Crippen molar-refractivity contribution < 1.29 is 4.74 Å². The van der Waals surface area contributed by atoms with Crippen molar-refractivity contribution in [3.8, 4) is 0 Å². The van der Waals surface area contributed by atoms with Crippen molar-refractivity contribution in [2.45, 2.75) is 25.7 Å². The lowest BCUT2D eigenvalue weighted by Crippen LogP contribution is -2.31. The first-order valence-electron chi connectivity index (χ1n) is 6.15. The van der Waals surface area contributed by atoms with Gasteiger partial charge in [-0.1, -0.05) is 6.42 Å². The zero-order valence-electron chi connectivity index (χ0n) is 10.2. The van der Waals surface area contributed by atoms with E-state index in [1.54, 1.807) is 7.11 Å². The van der Waals surface area contributed by atoms with Crippen LogP contribution in [0.3, 0.4) is 0 Å². The molecule has 2 N–H and O–H groups in total. The lowest BCUT2D eigenvalue weighted by Gasteiger charge is -2.24. The van der Waals surface area contributed by atoms with E-state index in [1.165, 1.54) is 25.8 Å². The Bertz CT molecular complexity index is 164. The molecule has 0 spiro atoms. The van der Waals surface area contributed by atoms with Gasteiger partial charge in [0.2, 0.25) is 0 Å². The Labute approximate surface area is 94.0 Å². The number of nitrogens with two attached hydrogens (primary N) is 1. The SMILES string of the molecule is COCCCN(C)CC1CCCC1CN. The molecule has 0 heterocycles. The molecule has 0 bridgehead atoms. The maximum absolute atomic E-state index is 5.78. The van der Waals surface area contributed by atoms with Crippen LogP contribution in [0.5, 0.6) is 0 Å². The van der Waals surface area contributed by atoms with Crippen molar-refractivity contribution in [2.75, 3.05) is 40.4 Å². The lowest BCUT2D eigenvalue weighted by atomic mass is 9.96. The maximum atomic E-state index is 5.78. The van der Waals surface area contributed by atoms with Gasteiger partial charge in [-0.05, 0) is 44.7 Å².